The highest BCUT2D eigenvalue weighted by molar-refractivity contribution is 5.97. The van der Waals surface area contributed by atoms with Crippen molar-refractivity contribution in [1.82, 2.24) is 5.32 Å². The van der Waals surface area contributed by atoms with E-state index in [9.17, 15) is 9.59 Å². The van der Waals surface area contributed by atoms with Crippen molar-refractivity contribution in [2.75, 3.05) is 52.5 Å². The highest BCUT2D eigenvalue weighted by Gasteiger charge is 2.18. The van der Waals surface area contributed by atoms with Crippen LogP contribution in [0.2, 0.25) is 0 Å². The van der Waals surface area contributed by atoms with Gasteiger partial charge in [-0.3, -0.25) is 9.59 Å². The fraction of sp³-hybridized carbons (Fsp3) is 0.467. The minimum absolute atomic E-state index is 0. The summed E-state index contributed by atoms with van der Waals surface area (Å²) in [5, 5.41) is 2.46. The smallest absolute Gasteiger partial charge is 0.246 e. The van der Waals surface area contributed by atoms with Crippen molar-refractivity contribution in [2.45, 2.75) is 0 Å². The quantitative estimate of drug-likeness (QED) is 0.650. The molecule has 0 bridgehead atoms. The number of rotatable bonds is 9. The number of methoxy groups -OCH3 is 3. The molecule has 1 aromatic rings. The van der Waals surface area contributed by atoms with Crippen molar-refractivity contribution < 1.29 is 23.8 Å². The van der Waals surface area contributed by atoms with Crippen LogP contribution in [0.1, 0.15) is 0 Å². The topological polar surface area (TPSA) is 103 Å². The van der Waals surface area contributed by atoms with Crippen LogP contribution in [0.5, 0.6) is 11.5 Å². The molecule has 0 radical (unpaired) electrons. The average Bonchev–Trinajstić information content (AvgIpc) is 2.59. The number of halogens is 1. The number of benzene rings is 1. The van der Waals surface area contributed by atoms with Crippen molar-refractivity contribution in [2.24, 2.45) is 5.73 Å². The molecule has 0 aliphatic heterocycles. The van der Waals surface area contributed by atoms with E-state index in [1.807, 2.05) is 0 Å². The Hall–Kier alpha value is -2.03. The van der Waals surface area contributed by atoms with Crippen molar-refractivity contribution in [3.63, 3.8) is 0 Å². The molecular formula is C15H24ClN3O5. The van der Waals surface area contributed by atoms with Gasteiger partial charge in [-0.1, -0.05) is 0 Å². The number of ether oxygens (including phenoxy) is 3. The lowest BCUT2D eigenvalue weighted by molar-refractivity contribution is -0.124. The van der Waals surface area contributed by atoms with Crippen LogP contribution in [0, 0.1) is 0 Å². The monoisotopic (exact) mass is 361 g/mol. The van der Waals surface area contributed by atoms with E-state index in [0.29, 0.717) is 30.3 Å². The number of nitrogens with zero attached hydrogens (tertiary/aromatic N) is 1. The molecule has 136 valence electrons. The number of carbonyl (C=O) groups excluding carboxylic acids is 2. The molecule has 0 spiro atoms. The zero-order valence-electron chi connectivity index (χ0n) is 14.0. The first-order valence-corrected chi connectivity index (χ1v) is 7.05. The highest BCUT2D eigenvalue weighted by Crippen LogP contribution is 2.31. The molecule has 8 nitrogen and oxygen atoms in total. The Labute approximate surface area is 147 Å². The number of hydrogen-bond acceptors (Lipinski definition) is 6. The SMILES string of the molecule is COCCN(C(=O)CNC(=O)CN)c1ccc(OC)c(OC)c1.Cl. The average molecular weight is 362 g/mol. The van der Waals surface area contributed by atoms with E-state index in [-0.39, 0.29) is 31.4 Å². The first-order chi connectivity index (χ1) is 11.1. The number of amides is 2. The van der Waals surface area contributed by atoms with Crippen LogP contribution < -0.4 is 25.4 Å². The van der Waals surface area contributed by atoms with Crippen molar-refractivity contribution in [3.8, 4) is 11.5 Å². The lowest BCUT2D eigenvalue weighted by Gasteiger charge is -2.23. The van der Waals surface area contributed by atoms with Crippen molar-refractivity contribution in [1.29, 1.82) is 0 Å². The number of anilines is 1. The van der Waals surface area contributed by atoms with Gasteiger partial charge in [0.25, 0.3) is 0 Å². The van der Waals surface area contributed by atoms with Gasteiger partial charge in [-0.2, -0.15) is 0 Å². The Bertz CT molecular complexity index is 542. The first-order valence-electron chi connectivity index (χ1n) is 7.05. The summed E-state index contributed by atoms with van der Waals surface area (Å²) in [6.07, 6.45) is 0. The van der Waals surface area contributed by atoms with Crippen LogP contribution >= 0.6 is 12.4 Å². The number of nitrogens with one attached hydrogen (secondary N) is 1. The van der Waals surface area contributed by atoms with Gasteiger partial charge in [0.05, 0.1) is 33.9 Å². The molecule has 0 saturated heterocycles. The lowest BCUT2D eigenvalue weighted by atomic mass is 10.2. The van der Waals surface area contributed by atoms with E-state index in [2.05, 4.69) is 5.32 Å². The lowest BCUT2D eigenvalue weighted by Crippen LogP contribution is -2.43. The largest absolute Gasteiger partial charge is 0.493 e. The molecule has 1 rings (SSSR count). The number of nitrogens with two attached hydrogens (primary N) is 1. The van der Waals surface area contributed by atoms with Gasteiger partial charge in [-0.05, 0) is 12.1 Å². The second-order valence-electron chi connectivity index (χ2n) is 4.56. The summed E-state index contributed by atoms with van der Waals surface area (Å²) < 4.78 is 15.5. The zero-order chi connectivity index (χ0) is 17.2. The Balaban J connectivity index is 0.00000529. The molecule has 9 heteroatoms. The molecule has 0 saturated carbocycles. The van der Waals surface area contributed by atoms with Crippen molar-refractivity contribution in [3.05, 3.63) is 18.2 Å². The second-order valence-corrected chi connectivity index (χ2v) is 4.56. The molecule has 24 heavy (non-hydrogen) atoms. The summed E-state index contributed by atoms with van der Waals surface area (Å²) in [7, 11) is 4.60. The molecule has 0 fully saturated rings. The summed E-state index contributed by atoms with van der Waals surface area (Å²) in [5.41, 5.74) is 5.83. The standard InChI is InChI=1S/C15H23N3O5.ClH/c1-21-7-6-18(15(20)10-17-14(19)9-16)11-4-5-12(22-2)13(8-11)23-3;/h4-5,8H,6-7,9-10,16H2,1-3H3,(H,17,19);1H. The van der Waals surface area contributed by atoms with Crippen LogP contribution in [-0.2, 0) is 14.3 Å². The van der Waals surface area contributed by atoms with Gasteiger partial charge in [0.1, 0.15) is 0 Å². The van der Waals surface area contributed by atoms with E-state index >= 15 is 0 Å². The Kier molecular flexibility index (Phi) is 10.5. The molecule has 0 aliphatic carbocycles. The predicted molar refractivity (Wildman–Crippen MR) is 93.1 cm³/mol. The van der Waals surface area contributed by atoms with Gasteiger partial charge >= 0.3 is 0 Å². The van der Waals surface area contributed by atoms with Crippen LogP contribution in [0.15, 0.2) is 18.2 Å². The Morgan fingerprint density at radius 3 is 2.38 bits per heavy atom. The van der Waals surface area contributed by atoms with Crippen LogP contribution in [-0.4, -0.2) is 59.4 Å². The van der Waals surface area contributed by atoms with Crippen LogP contribution in [0.4, 0.5) is 5.69 Å². The van der Waals surface area contributed by atoms with E-state index < -0.39 is 5.91 Å². The minimum atomic E-state index is -0.391. The molecule has 0 atom stereocenters. The van der Waals surface area contributed by atoms with Gasteiger partial charge in [-0.25, -0.2) is 0 Å². The summed E-state index contributed by atoms with van der Waals surface area (Å²) in [6, 6.07) is 5.14. The van der Waals surface area contributed by atoms with Gasteiger partial charge in [0.2, 0.25) is 11.8 Å². The summed E-state index contributed by atoms with van der Waals surface area (Å²) in [5.74, 6) is 0.395. The zero-order valence-corrected chi connectivity index (χ0v) is 14.9. The fourth-order valence-corrected chi connectivity index (χ4v) is 1.91. The van der Waals surface area contributed by atoms with E-state index in [0.717, 1.165) is 0 Å². The Morgan fingerprint density at radius 1 is 1.17 bits per heavy atom. The highest BCUT2D eigenvalue weighted by atomic mass is 35.5. The molecule has 2 amide bonds. The minimum Gasteiger partial charge on any atom is -0.493 e. The molecular weight excluding hydrogens is 338 g/mol. The van der Waals surface area contributed by atoms with E-state index in [1.54, 1.807) is 25.3 Å². The molecule has 0 aromatic heterocycles. The molecule has 0 aliphatic rings. The second kappa shape index (κ2) is 11.5. The maximum Gasteiger partial charge on any atom is 0.246 e. The third kappa shape index (κ3) is 6.23. The van der Waals surface area contributed by atoms with E-state index in [4.69, 9.17) is 19.9 Å². The van der Waals surface area contributed by atoms with Crippen molar-refractivity contribution >= 4 is 29.9 Å². The number of hydrogen-bond donors (Lipinski definition) is 2. The summed E-state index contributed by atoms with van der Waals surface area (Å²) in [4.78, 5) is 25.1. The molecule has 3 N–H and O–H groups in total. The van der Waals surface area contributed by atoms with Crippen LogP contribution in [0.3, 0.4) is 0 Å². The fourth-order valence-electron chi connectivity index (χ4n) is 1.91. The van der Waals surface area contributed by atoms with Gasteiger partial charge in [0, 0.05) is 25.4 Å². The summed E-state index contributed by atoms with van der Waals surface area (Å²) >= 11 is 0. The predicted octanol–water partition coefficient (Wildman–Crippen LogP) is 0.180. The first kappa shape index (κ1) is 22.0. The third-order valence-electron chi connectivity index (χ3n) is 3.12. The number of carbonyl (C=O) groups is 2. The van der Waals surface area contributed by atoms with Gasteiger partial charge < -0.3 is 30.2 Å². The normalized spacial score (nSPS) is 9.67. The maximum absolute atomic E-state index is 12.4. The van der Waals surface area contributed by atoms with Gasteiger partial charge in [-0.15, -0.1) is 12.4 Å². The molecule has 0 unspecified atom stereocenters. The van der Waals surface area contributed by atoms with Crippen LogP contribution in [0.25, 0.3) is 0 Å². The van der Waals surface area contributed by atoms with Gasteiger partial charge in [0.15, 0.2) is 11.5 Å². The third-order valence-corrected chi connectivity index (χ3v) is 3.12. The summed E-state index contributed by atoms with van der Waals surface area (Å²) in [6.45, 7) is 0.379. The van der Waals surface area contributed by atoms with E-state index in [1.165, 1.54) is 19.1 Å². The molecule has 1 aromatic carbocycles. The maximum atomic E-state index is 12.4. The molecule has 0 heterocycles. The Morgan fingerprint density at radius 2 is 1.83 bits per heavy atom.